The molecule has 0 spiro atoms. The molecule has 0 aromatic rings. The van der Waals surface area contributed by atoms with Crippen molar-refractivity contribution in [3.8, 4) is 0 Å². The predicted octanol–water partition coefficient (Wildman–Crippen LogP) is 4.88. The summed E-state index contributed by atoms with van der Waals surface area (Å²) < 4.78 is 11.4. The van der Waals surface area contributed by atoms with Crippen molar-refractivity contribution in [3.63, 3.8) is 0 Å². The molecule has 4 aliphatic carbocycles. The van der Waals surface area contributed by atoms with Gasteiger partial charge in [-0.25, -0.2) is 4.79 Å². The van der Waals surface area contributed by atoms with Crippen LogP contribution in [0.25, 0.3) is 0 Å². The van der Waals surface area contributed by atoms with Crippen molar-refractivity contribution in [3.05, 3.63) is 23.8 Å². The third-order valence-electron chi connectivity index (χ3n) is 9.76. The molecule has 4 heteroatoms. The monoisotopic (exact) mass is 412 g/mol. The highest BCUT2D eigenvalue weighted by atomic mass is 16.6. The number of fused-ring (bicyclic) bond motifs is 8. The molecule has 1 saturated heterocycles. The normalized spacial score (nSPS) is 47.6. The van der Waals surface area contributed by atoms with Crippen molar-refractivity contribution in [1.29, 1.82) is 0 Å². The molecule has 0 aromatic heterocycles. The number of hydrogen-bond donors (Lipinski definition) is 0. The number of rotatable bonds is 4. The number of allylic oxidation sites excluding steroid dienone is 1. The summed E-state index contributed by atoms with van der Waals surface area (Å²) in [6.07, 6.45) is 12.8. The van der Waals surface area contributed by atoms with Crippen molar-refractivity contribution in [2.75, 3.05) is 6.61 Å². The molecule has 1 aliphatic heterocycles. The van der Waals surface area contributed by atoms with E-state index in [2.05, 4.69) is 26.8 Å². The summed E-state index contributed by atoms with van der Waals surface area (Å²) in [5.74, 6) is 2.99. The Morgan fingerprint density at radius 3 is 2.83 bits per heavy atom. The average Bonchev–Trinajstić information content (AvgIpc) is 3.42. The number of esters is 1. The Morgan fingerprint density at radius 1 is 1.27 bits per heavy atom. The Kier molecular flexibility index (Phi) is 4.81. The molecule has 164 valence electrons. The smallest absolute Gasteiger partial charge is 0.330 e. The van der Waals surface area contributed by atoms with Crippen molar-refractivity contribution >= 4 is 11.8 Å². The average molecular weight is 413 g/mol. The minimum Gasteiger partial charge on any atom is -0.463 e. The number of hydrogen-bond acceptors (Lipinski definition) is 4. The summed E-state index contributed by atoms with van der Waals surface area (Å²) in [5.41, 5.74) is 1.76. The minimum atomic E-state index is -0.228. The van der Waals surface area contributed by atoms with Crippen LogP contribution in [0.15, 0.2) is 23.8 Å². The van der Waals surface area contributed by atoms with E-state index in [4.69, 9.17) is 9.47 Å². The predicted molar refractivity (Wildman–Crippen MR) is 115 cm³/mol. The highest BCUT2D eigenvalue weighted by Crippen LogP contribution is 2.70. The quantitative estimate of drug-likeness (QED) is 0.375. The van der Waals surface area contributed by atoms with Gasteiger partial charge in [0.15, 0.2) is 5.78 Å². The Morgan fingerprint density at radius 2 is 2.07 bits per heavy atom. The van der Waals surface area contributed by atoms with E-state index in [9.17, 15) is 9.59 Å². The first-order chi connectivity index (χ1) is 14.3. The first kappa shape index (κ1) is 20.5. The van der Waals surface area contributed by atoms with E-state index in [1.54, 1.807) is 6.08 Å². The van der Waals surface area contributed by atoms with Crippen LogP contribution in [0.1, 0.15) is 66.2 Å². The number of epoxide rings is 1. The van der Waals surface area contributed by atoms with Crippen LogP contribution < -0.4 is 0 Å². The molecule has 5 aliphatic rings. The van der Waals surface area contributed by atoms with E-state index in [1.807, 2.05) is 13.0 Å². The fraction of sp³-hybridized carbons (Fsp3) is 0.769. The Hall–Kier alpha value is -1.42. The lowest BCUT2D eigenvalue weighted by Crippen LogP contribution is -2.53. The minimum absolute atomic E-state index is 0.144. The summed E-state index contributed by atoms with van der Waals surface area (Å²) in [6, 6.07) is 0. The fourth-order valence-electron chi connectivity index (χ4n) is 8.27. The zero-order valence-electron chi connectivity index (χ0n) is 18.9. The molecule has 4 fully saturated rings. The molecular formula is C26H36O4. The van der Waals surface area contributed by atoms with E-state index in [-0.39, 0.29) is 17.5 Å². The second kappa shape index (κ2) is 7.05. The number of ketones is 1. The van der Waals surface area contributed by atoms with Crippen LogP contribution in [0, 0.1) is 40.4 Å². The van der Waals surface area contributed by atoms with Gasteiger partial charge in [0.1, 0.15) is 6.10 Å². The van der Waals surface area contributed by atoms with Crippen LogP contribution in [-0.2, 0) is 19.1 Å². The van der Waals surface area contributed by atoms with Gasteiger partial charge in [-0.05, 0) is 91.1 Å². The number of carbonyl (C=O) groups excluding carboxylic acids is 2. The second-order valence-electron chi connectivity index (χ2n) is 11.0. The first-order valence-electron chi connectivity index (χ1n) is 12.0. The molecule has 30 heavy (non-hydrogen) atoms. The van der Waals surface area contributed by atoms with E-state index in [1.165, 1.54) is 31.3 Å². The third kappa shape index (κ3) is 2.89. The van der Waals surface area contributed by atoms with E-state index >= 15 is 0 Å². The molecule has 0 bridgehead atoms. The van der Waals surface area contributed by atoms with Gasteiger partial charge in [0.05, 0.1) is 12.7 Å². The highest BCUT2D eigenvalue weighted by molar-refractivity contribution is 5.92. The van der Waals surface area contributed by atoms with Gasteiger partial charge in [0, 0.05) is 12.5 Å². The largest absolute Gasteiger partial charge is 0.463 e. The van der Waals surface area contributed by atoms with Crippen molar-refractivity contribution in [2.45, 2.75) is 78.4 Å². The number of carbonyl (C=O) groups is 2. The third-order valence-corrected chi connectivity index (χ3v) is 9.76. The molecule has 1 heterocycles. The lowest BCUT2D eigenvalue weighted by atomic mass is 9.46. The fourth-order valence-corrected chi connectivity index (χ4v) is 8.27. The molecule has 1 unspecified atom stereocenters. The maximum atomic E-state index is 12.1. The molecule has 9 atom stereocenters. The molecule has 0 N–H and O–H groups in total. The summed E-state index contributed by atoms with van der Waals surface area (Å²) in [7, 11) is 0. The zero-order valence-corrected chi connectivity index (χ0v) is 18.9. The maximum absolute atomic E-state index is 12.1. The van der Waals surface area contributed by atoms with Gasteiger partial charge in [0.2, 0.25) is 0 Å². The Balaban J connectivity index is 1.39. The molecule has 5 rings (SSSR count). The van der Waals surface area contributed by atoms with Gasteiger partial charge in [-0.3, -0.25) is 4.79 Å². The number of ether oxygens (including phenoxy) is 2. The summed E-state index contributed by atoms with van der Waals surface area (Å²) in [5, 5.41) is 0. The summed E-state index contributed by atoms with van der Waals surface area (Å²) >= 11 is 0. The lowest BCUT2D eigenvalue weighted by molar-refractivity contribution is -0.137. The standard InChI is InChI=1S/C26H36O4/c1-5-29-21(28)9-6-15(2)17-7-8-18-22-19(11-13-25(17,18)3)26(4)12-10-16(27)14-20(26)23-24(22)30-23/h6,9,14-15,17-19,22-24H,5,7-8,10-13H2,1-4H3/b9-6+/t15?,17-,18+,19+,22+,23-,24-,25-,26-/m1/s1. The Labute approximate surface area is 180 Å². The van der Waals surface area contributed by atoms with Crippen molar-refractivity contribution < 1.29 is 19.1 Å². The Bertz CT molecular complexity index is 812. The van der Waals surface area contributed by atoms with Gasteiger partial charge < -0.3 is 9.47 Å². The van der Waals surface area contributed by atoms with Crippen LogP contribution in [-0.4, -0.2) is 30.6 Å². The van der Waals surface area contributed by atoms with Crippen molar-refractivity contribution in [1.82, 2.24) is 0 Å². The van der Waals surface area contributed by atoms with Gasteiger partial charge in [-0.15, -0.1) is 0 Å². The van der Waals surface area contributed by atoms with Crippen molar-refractivity contribution in [2.24, 2.45) is 40.4 Å². The topological polar surface area (TPSA) is 55.9 Å². The maximum Gasteiger partial charge on any atom is 0.330 e. The molecular weight excluding hydrogens is 376 g/mol. The highest BCUT2D eigenvalue weighted by Gasteiger charge is 2.69. The van der Waals surface area contributed by atoms with E-state index in [0.717, 1.165) is 6.42 Å². The van der Waals surface area contributed by atoms with Crippen LogP contribution in [0.4, 0.5) is 0 Å². The molecule has 4 nitrogen and oxygen atoms in total. The van der Waals surface area contributed by atoms with Crippen LogP contribution >= 0.6 is 0 Å². The van der Waals surface area contributed by atoms with Gasteiger partial charge in [-0.1, -0.05) is 26.8 Å². The molecule has 0 amide bonds. The van der Waals surface area contributed by atoms with Crippen LogP contribution in [0.5, 0.6) is 0 Å². The first-order valence-corrected chi connectivity index (χ1v) is 12.0. The van der Waals surface area contributed by atoms with Gasteiger partial charge >= 0.3 is 5.97 Å². The summed E-state index contributed by atoms with van der Waals surface area (Å²) in [4.78, 5) is 23.9. The van der Waals surface area contributed by atoms with Gasteiger partial charge in [-0.2, -0.15) is 0 Å². The van der Waals surface area contributed by atoms with Gasteiger partial charge in [0.25, 0.3) is 0 Å². The SMILES string of the molecule is CCOC(=O)/C=C/C(C)[C@H]1CC[C@H]2[C@@H]3[C@H]4O[C@@H]4C4=CC(=O)CC[C@]4(C)[C@H]3CC[C@]12C. The molecule has 0 aromatic carbocycles. The lowest BCUT2D eigenvalue weighted by Gasteiger charge is -2.57. The molecule has 3 saturated carbocycles. The van der Waals surface area contributed by atoms with Crippen LogP contribution in [0.2, 0.25) is 0 Å². The zero-order chi connectivity index (χ0) is 21.3. The summed E-state index contributed by atoms with van der Waals surface area (Å²) in [6.45, 7) is 9.47. The van der Waals surface area contributed by atoms with E-state index < -0.39 is 0 Å². The second-order valence-corrected chi connectivity index (χ2v) is 11.0. The van der Waals surface area contributed by atoms with E-state index in [0.29, 0.717) is 59.9 Å². The van der Waals surface area contributed by atoms with Crippen LogP contribution in [0.3, 0.4) is 0 Å². The molecule has 0 radical (unpaired) electrons.